The first-order valence-electron chi connectivity index (χ1n) is 43.6. The highest BCUT2D eigenvalue weighted by atomic mass is 31.2. The van der Waals surface area contributed by atoms with Gasteiger partial charge < -0.3 is 90.7 Å². The first kappa shape index (κ1) is 118. The van der Waals surface area contributed by atoms with Gasteiger partial charge in [-0.2, -0.15) is 0 Å². The van der Waals surface area contributed by atoms with E-state index >= 15 is 0 Å². The molecule has 0 saturated heterocycles. The Morgan fingerprint density at radius 1 is 0.264 bits per heavy atom. The lowest BCUT2D eigenvalue weighted by Gasteiger charge is -2.18. The third-order valence-corrected chi connectivity index (χ3v) is 20.6. The fourth-order valence-electron chi connectivity index (χ4n) is 11.7. The van der Waals surface area contributed by atoms with Crippen LogP contribution in [0.1, 0.15) is 414 Å². The number of hydrogen-bond acceptors (Lipinski definition) is 18. The summed E-state index contributed by atoms with van der Waals surface area (Å²) in [5, 5.41) is 57.6. The van der Waals surface area contributed by atoms with E-state index in [4.69, 9.17) is 60.1 Å². The maximum Gasteiger partial charge on any atom is 0.469 e. The van der Waals surface area contributed by atoms with E-state index in [2.05, 4.69) is 59.6 Å². The van der Waals surface area contributed by atoms with Crippen molar-refractivity contribution in [2.75, 3.05) is 39.6 Å². The van der Waals surface area contributed by atoms with Crippen molar-refractivity contribution in [2.45, 2.75) is 463 Å². The molecule has 0 fully saturated rings. The van der Waals surface area contributed by atoms with Gasteiger partial charge in [0.1, 0.15) is 12.2 Å². The Labute approximate surface area is 670 Å². The molecule has 0 aliphatic heterocycles. The predicted octanol–water partition coefficient (Wildman–Crippen LogP) is 19.4. The summed E-state index contributed by atoms with van der Waals surface area (Å²) < 4.78 is 69.0. The number of rotatable bonds is 78. The van der Waals surface area contributed by atoms with Crippen molar-refractivity contribution >= 4 is 31.3 Å². The normalized spacial score (nSPS) is 14.3. The fraction of sp³-hybridized carbons (Fsp3) is 0.975. The van der Waals surface area contributed by atoms with Gasteiger partial charge in [0.25, 0.3) is 0 Å². The van der Waals surface area contributed by atoms with E-state index in [1.165, 1.54) is 283 Å². The molecule has 0 aromatic carbocycles. The van der Waals surface area contributed by atoms with Crippen LogP contribution in [0.25, 0.3) is 0 Å². The van der Waals surface area contributed by atoms with Crippen LogP contribution in [-0.4, -0.2) is 159 Å². The molecule has 110 heavy (non-hydrogen) atoms. The second-order valence-corrected chi connectivity index (χ2v) is 34.9. The Kier molecular flexibility index (Phi) is 94.7. The van der Waals surface area contributed by atoms with E-state index in [-0.39, 0.29) is 26.4 Å². The average molecular weight is 1670 g/mol. The smallest absolute Gasteiger partial charge is 0.391 e. The second kappa shape index (κ2) is 88.1. The molecule has 0 radical (unpaired) electrons. The minimum Gasteiger partial charge on any atom is -0.391 e. The molecule has 0 aliphatic carbocycles. The summed E-state index contributed by atoms with van der Waals surface area (Å²) in [6.45, 7) is 11.2. The van der Waals surface area contributed by atoms with Crippen LogP contribution in [0.15, 0.2) is 12.2 Å². The molecule has 2 unspecified atom stereocenters. The van der Waals surface area contributed by atoms with E-state index < -0.39 is 93.6 Å². The number of phosphoric acid groups is 4. The van der Waals surface area contributed by atoms with Gasteiger partial charge in [0.05, 0.1) is 63.9 Å². The third-order valence-electron chi connectivity index (χ3n) is 18.6. The highest BCUT2D eigenvalue weighted by Gasteiger charge is 2.23. The third kappa shape index (κ3) is 112. The van der Waals surface area contributed by atoms with Gasteiger partial charge in [0.2, 0.25) is 0 Å². The molecule has 0 aromatic heterocycles. The Hall–Kier alpha value is -0.220. The molecule has 0 spiro atoms. The Bertz CT molecular complexity index is 2040. The molecule has 8 atom stereocenters. The first-order valence-corrected chi connectivity index (χ1v) is 49.8. The van der Waals surface area contributed by atoms with Crippen molar-refractivity contribution in [2.24, 2.45) is 11.5 Å². The van der Waals surface area contributed by atoms with Crippen molar-refractivity contribution in [3.63, 3.8) is 0 Å². The molecule has 0 aromatic rings. The first-order chi connectivity index (χ1) is 52.3. The van der Waals surface area contributed by atoms with E-state index in [9.17, 15) is 48.9 Å². The lowest BCUT2D eigenvalue weighted by molar-refractivity contribution is -0.129. The van der Waals surface area contributed by atoms with Crippen LogP contribution in [0.4, 0.5) is 0 Å². The Balaban J connectivity index is -0.000000429. The number of ether oxygens (including phenoxy) is 2. The van der Waals surface area contributed by atoms with Gasteiger partial charge in [-0.25, -0.2) is 18.3 Å². The lowest BCUT2D eigenvalue weighted by atomic mass is 10.0. The monoisotopic (exact) mass is 1670 g/mol. The number of aliphatic hydroxyl groups is 6. The SMILES string of the molecule is CCCCCCCCCC.CCCCCCCCCC(O)OC[C@@H](O)COP(=O)(O)O.CCCCCCCCCCCCC/C=C\[C@@H](O)[C@@H](N)COP(=O)(O)O.CCCCCCCCCCCCCCCCCC(O)OC[C@@H](O)COP(=O)(O)O.CCCCCCCCCCCCCCC[C@@H](O)[C@@H](N)COP(=O)(O)O. The minimum absolute atomic E-state index is 0.222. The predicted molar refractivity (Wildman–Crippen MR) is 447 cm³/mol. The highest BCUT2D eigenvalue weighted by molar-refractivity contribution is 7.47. The van der Waals surface area contributed by atoms with Gasteiger partial charge in [0.15, 0.2) is 12.6 Å². The van der Waals surface area contributed by atoms with Gasteiger partial charge in [-0.05, 0) is 44.9 Å². The van der Waals surface area contributed by atoms with E-state index in [0.717, 1.165) is 70.6 Å². The molecule has 26 nitrogen and oxygen atoms in total. The van der Waals surface area contributed by atoms with Gasteiger partial charge in [0, 0.05) is 0 Å². The van der Waals surface area contributed by atoms with Gasteiger partial charge in [-0.15, -0.1) is 0 Å². The summed E-state index contributed by atoms with van der Waals surface area (Å²) >= 11 is 0. The number of nitrogens with two attached hydrogens (primary N) is 2. The summed E-state index contributed by atoms with van der Waals surface area (Å²) in [6, 6.07) is -1.61. The Morgan fingerprint density at radius 2 is 0.464 bits per heavy atom. The van der Waals surface area contributed by atoms with Crippen LogP contribution < -0.4 is 11.5 Å². The molecule has 30 heteroatoms. The highest BCUT2D eigenvalue weighted by Crippen LogP contribution is 2.38. The fourth-order valence-corrected chi connectivity index (χ4v) is 13.2. The van der Waals surface area contributed by atoms with Crippen molar-refractivity contribution in [3.05, 3.63) is 12.2 Å². The molecule has 668 valence electrons. The van der Waals surface area contributed by atoms with Crippen molar-refractivity contribution in [1.82, 2.24) is 0 Å². The summed E-state index contributed by atoms with van der Waals surface area (Å²) in [6.07, 6.45) is 69.3. The molecule has 18 N–H and O–H groups in total. The second-order valence-electron chi connectivity index (χ2n) is 30.0. The number of hydrogen-bond donors (Lipinski definition) is 16. The summed E-state index contributed by atoms with van der Waals surface area (Å²) in [7, 11) is -18.2. The maximum atomic E-state index is 10.6. The summed E-state index contributed by atoms with van der Waals surface area (Å²) in [4.78, 5) is 68.3. The number of aliphatic hydroxyl groups excluding tert-OH is 6. The van der Waals surface area contributed by atoms with Crippen LogP contribution in [0.2, 0.25) is 0 Å². The standard InChI is InChI=1S/C21H45O7P.C18H40NO5P.C18H38NO5P.C13H29O7P.C10H22/c1-2-3-4-5-6-7-8-9-10-11-12-13-14-15-16-17-21(23)27-18-20(22)19-28-29(24,25)26;2*1-2-3-4-5-6-7-8-9-10-11-12-13-14-15-18(20)17(19)16-24-25(21,22)23;1-2-3-4-5-6-7-8-9-13(15)19-10-12(14)11-20-21(16,17)18;1-3-5-7-9-10-8-6-4-2/h20-23H,2-19H2,1H3,(H2,24,25,26);17-18,20H,2-16,19H2,1H3,(H2,21,22,23);14-15,17-18,20H,2-13,16,19H2,1H3,(H2,21,22,23);12-15H,2-11H2,1H3,(H2,16,17,18);3-10H2,1-2H3/b;;15-14-;;/t20-,21?;2*17-,18+;12-,13?;/m1001./s1. The topological polar surface area (TPSA) is 459 Å². The van der Waals surface area contributed by atoms with Crippen LogP contribution in [0.5, 0.6) is 0 Å². The zero-order valence-corrected chi connectivity index (χ0v) is 73.9. The maximum absolute atomic E-state index is 10.6. The number of phosphoric ester groups is 4. The molecular formula is C80H174N2O24P4. The number of unbranched alkanes of at least 4 members (excludes halogenated alkanes) is 50. The molecule has 0 amide bonds. The molecule has 0 aliphatic rings. The number of allylic oxidation sites excluding steroid dienone is 1. The molecule has 0 rings (SSSR count). The van der Waals surface area contributed by atoms with Crippen LogP contribution in [0.3, 0.4) is 0 Å². The van der Waals surface area contributed by atoms with Crippen LogP contribution >= 0.6 is 31.3 Å². The zero-order chi connectivity index (χ0) is 83.5. The average Bonchev–Trinajstić information content (AvgIpc) is 0.951. The van der Waals surface area contributed by atoms with E-state index in [1.54, 1.807) is 6.08 Å². The van der Waals surface area contributed by atoms with Gasteiger partial charge in [-0.3, -0.25) is 18.1 Å². The van der Waals surface area contributed by atoms with Crippen LogP contribution in [-0.2, 0) is 45.8 Å². The Morgan fingerprint density at radius 3 is 0.700 bits per heavy atom. The van der Waals surface area contributed by atoms with E-state index in [0.29, 0.717) is 19.3 Å². The summed E-state index contributed by atoms with van der Waals surface area (Å²) in [5.74, 6) is 0. The van der Waals surface area contributed by atoms with E-state index in [1.807, 2.05) is 6.08 Å². The van der Waals surface area contributed by atoms with Crippen molar-refractivity contribution in [1.29, 1.82) is 0 Å². The lowest BCUT2D eigenvalue weighted by Crippen LogP contribution is -2.38. The molecule has 0 bridgehead atoms. The summed E-state index contributed by atoms with van der Waals surface area (Å²) in [5.41, 5.74) is 11.3. The van der Waals surface area contributed by atoms with Gasteiger partial charge in [-0.1, -0.05) is 381 Å². The zero-order valence-electron chi connectivity index (χ0n) is 70.3. The minimum atomic E-state index is -4.59. The van der Waals surface area contributed by atoms with Crippen LogP contribution in [0, 0.1) is 0 Å². The van der Waals surface area contributed by atoms with Crippen molar-refractivity contribution < 1.29 is 116 Å². The molecule has 0 saturated carbocycles. The molecular weight excluding hydrogens is 1500 g/mol. The molecule has 0 heterocycles. The largest absolute Gasteiger partial charge is 0.469 e. The van der Waals surface area contributed by atoms with Crippen molar-refractivity contribution in [3.8, 4) is 0 Å². The van der Waals surface area contributed by atoms with Gasteiger partial charge >= 0.3 is 31.3 Å². The quantitative estimate of drug-likeness (QED) is 0.0116.